The number of thiazole rings is 1. The van der Waals surface area contributed by atoms with Crippen molar-refractivity contribution in [3.8, 4) is 10.6 Å². The molecule has 0 unspecified atom stereocenters. The van der Waals surface area contributed by atoms with Crippen molar-refractivity contribution in [1.82, 2.24) is 9.29 Å². The number of hydrogen-bond acceptors (Lipinski definition) is 5. The van der Waals surface area contributed by atoms with Gasteiger partial charge in [-0.1, -0.05) is 17.7 Å². The Hall–Kier alpha value is -2.78. The molecule has 9 heteroatoms. The van der Waals surface area contributed by atoms with Gasteiger partial charge in [-0.25, -0.2) is 13.4 Å². The van der Waals surface area contributed by atoms with E-state index in [4.69, 9.17) is 16.6 Å². The molecule has 1 amide bonds. The van der Waals surface area contributed by atoms with Gasteiger partial charge in [0.2, 0.25) is 15.9 Å². The fourth-order valence-corrected chi connectivity index (χ4v) is 6.96. The number of nitrogens with one attached hydrogen (secondary N) is 1. The van der Waals surface area contributed by atoms with Crippen molar-refractivity contribution in [2.45, 2.75) is 30.7 Å². The van der Waals surface area contributed by atoms with Gasteiger partial charge in [-0.05, 0) is 86.0 Å². The summed E-state index contributed by atoms with van der Waals surface area (Å²) >= 11 is 7.52. The van der Waals surface area contributed by atoms with Crippen LogP contribution in [0.4, 0.5) is 5.69 Å². The lowest BCUT2D eigenvalue weighted by atomic mass is 10.2. The molecule has 1 fully saturated rings. The van der Waals surface area contributed by atoms with E-state index in [2.05, 4.69) is 18.3 Å². The van der Waals surface area contributed by atoms with E-state index in [0.717, 1.165) is 20.8 Å². The van der Waals surface area contributed by atoms with E-state index in [1.807, 2.05) is 36.4 Å². The summed E-state index contributed by atoms with van der Waals surface area (Å²) in [7, 11) is -3.79. The van der Waals surface area contributed by atoms with Crippen LogP contribution in [0, 0.1) is 6.92 Å². The minimum absolute atomic E-state index is 0.131. The van der Waals surface area contributed by atoms with Crippen LogP contribution in [-0.4, -0.2) is 36.2 Å². The highest BCUT2D eigenvalue weighted by molar-refractivity contribution is 7.89. The normalized spacial score (nSPS) is 16.7. The number of rotatable bonds is 5. The standard InChI is InChI=1S/C25H22ClN3O3S2/c1-16-4-13-21-23(15-16)33-25(28-21)17-5-9-19(10-6-17)27-24(30)22-3-2-14-29(22)34(31,32)20-11-7-18(26)8-12-20/h4-13,15,22H,2-3,14H2,1H3,(H,27,30)/t22-/m0/s1. The van der Waals surface area contributed by atoms with E-state index in [1.165, 1.54) is 34.1 Å². The molecule has 1 aliphatic rings. The summed E-state index contributed by atoms with van der Waals surface area (Å²) in [5.74, 6) is -0.335. The van der Waals surface area contributed by atoms with Gasteiger partial charge >= 0.3 is 0 Å². The van der Waals surface area contributed by atoms with Crippen LogP contribution in [0.15, 0.2) is 71.6 Å². The summed E-state index contributed by atoms with van der Waals surface area (Å²) in [4.78, 5) is 17.8. The Labute approximate surface area is 207 Å². The smallest absolute Gasteiger partial charge is 0.243 e. The van der Waals surface area contributed by atoms with Crippen LogP contribution in [-0.2, 0) is 14.8 Å². The van der Waals surface area contributed by atoms with E-state index >= 15 is 0 Å². The van der Waals surface area contributed by atoms with Gasteiger partial charge in [0.1, 0.15) is 11.0 Å². The molecule has 5 rings (SSSR count). The predicted octanol–water partition coefficient (Wildman–Crippen LogP) is 5.72. The first-order chi connectivity index (χ1) is 16.3. The maximum Gasteiger partial charge on any atom is 0.243 e. The molecular formula is C25H22ClN3O3S2. The van der Waals surface area contributed by atoms with Crippen LogP contribution in [0.1, 0.15) is 18.4 Å². The molecule has 1 aromatic heterocycles. The maximum absolute atomic E-state index is 13.1. The average Bonchev–Trinajstić information content (AvgIpc) is 3.47. The first-order valence-corrected chi connectivity index (χ1v) is 13.5. The maximum atomic E-state index is 13.1. The molecule has 34 heavy (non-hydrogen) atoms. The monoisotopic (exact) mass is 511 g/mol. The third kappa shape index (κ3) is 4.46. The van der Waals surface area contributed by atoms with Crippen molar-refractivity contribution in [2.75, 3.05) is 11.9 Å². The Morgan fingerprint density at radius 1 is 1.09 bits per heavy atom. The molecule has 0 bridgehead atoms. The number of aryl methyl sites for hydroxylation is 1. The molecule has 6 nitrogen and oxygen atoms in total. The molecule has 1 N–H and O–H groups in total. The minimum Gasteiger partial charge on any atom is -0.325 e. The van der Waals surface area contributed by atoms with E-state index in [9.17, 15) is 13.2 Å². The third-order valence-electron chi connectivity index (χ3n) is 5.87. The predicted molar refractivity (Wildman–Crippen MR) is 137 cm³/mol. The van der Waals surface area contributed by atoms with E-state index < -0.39 is 16.1 Å². The lowest BCUT2D eigenvalue weighted by Crippen LogP contribution is -2.43. The summed E-state index contributed by atoms with van der Waals surface area (Å²) in [6.45, 7) is 2.36. The molecule has 0 aliphatic carbocycles. The SMILES string of the molecule is Cc1ccc2nc(-c3ccc(NC(=O)[C@@H]4CCCN4S(=O)(=O)c4ccc(Cl)cc4)cc3)sc2c1. The second-order valence-corrected chi connectivity index (χ2v) is 11.6. The zero-order chi connectivity index (χ0) is 23.9. The number of halogens is 1. The van der Waals surface area contributed by atoms with Crippen LogP contribution in [0.5, 0.6) is 0 Å². The zero-order valence-corrected chi connectivity index (χ0v) is 20.8. The Balaban J connectivity index is 1.32. The second kappa shape index (κ2) is 9.11. The number of nitrogens with zero attached hydrogens (tertiary/aromatic N) is 2. The third-order valence-corrected chi connectivity index (χ3v) is 9.11. The number of anilines is 1. The molecule has 1 saturated heterocycles. The fraction of sp³-hybridized carbons (Fsp3) is 0.200. The number of carbonyl (C=O) groups is 1. The van der Waals surface area contributed by atoms with Crippen LogP contribution >= 0.6 is 22.9 Å². The van der Waals surface area contributed by atoms with E-state index in [-0.39, 0.29) is 10.8 Å². The topological polar surface area (TPSA) is 79.4 Å². The molecule has 0 spiro atoms. The Bertz CT molecular complexity index is 1470. The van der Waals surface area contributed by atoms with Crippen molar-refractivity contribution in [3.05, 3.63) is 77.3 Å². The van der Waals surface area contributed by atoms with Gasteiger partial charge in [-0.3, -0.25) is 4.79 Å². The van der Waals surface area contributed by atoms with Crippen LogP contribution in [0.2, 0.25) is 5.02 Å². The number of carbonyl (C=O) groups excluding carboxylic acids is 1. The largest absolute Gasteiger partial charge is 0.325 e. The van der Waals surface area contributed by atoms with Crippen molar-refractivity contribution in [1.29, 1.82) is 0 Å². The fourth-order valence-electron chi connectivity index (χ4n) is 4.11. The van der Waals surface area contributed by atoms with Gasteiger partial charge < -0.3 is 5.32 Å². The summed E-state index contributed by atoms with van der Waals surface area (Å²) in [6.07, 6.45) is 1.10. The van der Waals surface area contributed by atoms with Crippen molar-refractivity contribution >= 4 is 54.8 Å². The number of benzene rings is 3. The molecule has 1 atom stereocenters. The molecule has 2 heterocycles. The van der Waals surface area contributed by atoms with Gasteiger partial charge in [-0.15, -0.1) is 11.3 Å². The van der Waals surface area contributed by atoms with Gasteiger partial charge in [0.05, 0.1) is 15.1 Å². The molecule has 0 saturated carbocycles. The number of hydrogen-bond donors (Lipinski definition) is 1. The molecule has 0 radical (unpaired) electrons. The van der Waals surface area contributed by atoms with Crippen molar-refractivity contribution in [2.24, 2.45) is 0 Å². The number of fused-ring (bicyclic) bond motifs is 1. The number of sulfonamides is 1. The Morgan fingerprint density at radius 3 is 2.56 bits per heavy atom. The molecule has 3 aromatic carbocycles. The second-order valence-electron chi connectivity index (χ2n) is 8.28. The first kappa shape index (κ1) is 23.0. The van der Waals surface area contributed by atoms with Crippen molar-refractivity contribution < 1.29 is 13.2 Å². The zero-order valence-electron chi connectivity index (χ0n) is 18.4. The quantitative estimate of drug-likeness (QED) is 0.372. The molecule has 174 valence electrons. The van der Waals surface area contributed by atoms with Crippen molar-refractivity contribution in [3.63, 3.8) is 0 Å². The minimum atomic E-state index is -3.79. The highest BCUT2D eigenvalue weighted by Crippen LogP contribution is 2.32. The molecular weight excluding hydrogens is 490 g/mol. The lowest BCUT2D eigenvalue weighted by molar-refractivity contribution is -0.119. The molecule has 1 aliphatic heterocycles. The average molecular weight is 512 g/mol. The highest BCUT2D eigenvalue weighted by atomic mass is 35.5. The van der Waals surface area contributed by atoms with E-state index in [0.29, 0.717) is 30.1 Å². The summed E-state index contributed by atoms with van der Waals surface area (Å²) in [5, 5.41) is 4.25. The van der Waals surface area contributed by atoms with E-state index in [1.54, 1.807) is 11.3 Å². The van der Waals surface area contributed by atoms with Gasteiger partial charge in [-0.2, -0.15) is 4.31 Å². The highest BCUT2D eigenvalue weighted by Gasteiger charge is 2.39. The summed E-state index contributed by atoms with van der Waals surface area (Å²) in [6, 6.07) is 18.9. The first-order valence-electron chi connectivity index (χ1n) is 10.9. The lowest BCUT2D eigenvalue weighted by Gasteiger charge is -2.23. The summed E-state index contributed by atoms with van der Waals surface area (Å²) < 4.78 is 28.6. The van der Waals surface area contributed by atoms with Gasteiger partial charge in [0.25, 0.3) is 0 Å². The summed E-state index contributed by atoms with van der Waals surface area (Å²) in [5.41, 5.74) is 3.73. The van der Waals surface area contributed by atoms with Gasteiger partial charge in [0.15, 0.2) is 0 Å². The Morgan fingerprint density at radius 2 is 1.82 bits per heavy atom. The van der Waals surface area contributed by atoms with Crippen LogP contribution in [0.25, 0.3) is 20.8 Å². The van der Waals surface area contributed by atoms with Crippen LogP contribution < -0.4 is 5.32 Å². The van der Waals surface area contributed by atoms with Gasteiger partial charge in [0, 0.05) is 22.8 Å². The Kier molecular flexibility index (Phi) is 6.16. The molecule has 4 aromatic rings. The number of amides is 1. The van der Waals surface area contributed by atoms with Crippen LogP contribution in [0.3, 0.4) is 0 Å². The number of aromatic nitrogens is 1.